The first-order valence-corrected chi connectivity index (χ1v) is 9.06. The third-order valence-corrected chi connectivity index (χ3v) is 6.35. The van der Waals surface area contributed by atoms with Crippen LogP contribution in [-0.2, 0) is 14.4 Å². The van der Waals surface area contributed by atoms with Crippen LogP contribution in [0.4, 0.5) is 0 Å². The Morgan fingerprint density at radius 1 is 1.35 bits per heavy atom. The molecule has 0 aromatic heterocycles. The fourth-order valence-corrected chi connectivity index (χ4v) is 5.00. The fraction of sp³-hybridized carbons (Fsp3) is 0.389. The van der Waals surface area contributed by atoms with E-state index in [1.807, 2.05) is 18.2 Å². The van der Waals surface area contributed by atoms with E-state index in [0.29, 0.717) is 5.57 Å². The lowest BCUT2D eigenvalue weighted by atomic mass is 9.95. The lowest BCUT2D eigenvalue weighted by Crippen LogP contribution is -2.71. The van der Waals surface area contributed by atoms with Gasteiger partial charge >= 0.3 is 5.97 Å². The molecule has 3 rings (SSSR count). The minimum atomic E-state index is -1.04. The first-order valence-electron chi connectivity index (χ1n) is 8.18. The molecular formula is C18H21N3O4S. The molecule has 0 saturated carbocycles. The maximum absolute atomic E-state index is 12.5. The zero-order valence-corrected chi connectivity index (χ0v) is 15.3. The fourth-order valence-electron chi connectivity index (χ4n) is 3.38. The molecule has 0 spiro atoms. The van der Waals surface area contributed by atoms with Gasteiger partial charge in [0.1, 0.15) is 23.5 Å². The Balaban J connectivity index is 1.69. The van der Waals surface area contributed by atoms with Gasteiger partial charge in [0.2, 0.25) is 11.8 Å². The Kier molecular flexibility index (Phi) is 4.58. The van der Waals surface area contributed by atoms with Gasteiger partial charge in [-0.05, 0) is 25.0 Å². The van der Waals surface area contributed by atoms with Crippen molar-refractivity contribution in [3.05, 3.63) is 42.5 Å². The highest BCUT2D eigenvalue weighted by Gasteiger charge is 2.64. The summed E-state index contributed by atoms with van der Waals surface area (Å²) in [6.07, 6.45) is 0. The summed E-state index contributed by atoms with van der Waals surface area (Å²) >= 11 is 1.37. The summed E-state index contributed by atoms with van der Waals surface area (Å²) in [7, 11) is 0. The monoisotopic (exact) mass is 375 g/mol. The molecule has 2 fully saturated rings. The van der Waals surface area contributed by atoms with E-state index in [-0.39, 0.29) is 0 Å². The number of carboxylic acid groups (broad SMARTS) is 1. The van der Waals surface area contributed by atoms with Crippen molar-refractivity contribution in [3.63, 3.8) is 0 Å². The van der Waals surface area contributed by atoms with E-state index in [0.717, 1.165) is 5.56 Å². The molecule has 2 saturated heterocycles. The van der Waals surface area contributed by atoms with Gasteiger partial charge in [0.15, 0.2) is 0 Å². The van der Waals surface area contributed by atoms with Crippen LogP contribution in [0.25, 0.3) is 5.57 Å². The average molecular weight is 375 g/mol. The summed E-state index contributed by atoms with van der Waals surface area (Å²) in [5, 5.41) is 11.7. The van der Waals surface area contributed by atoms with Crippen LogP contribution in [0.5, 0.6) is 0 Å². The molecule has 4 atom stereocenters. The minimum Gasteiger partial charge on any atom is -0.480 e. The molecule has 0 radical (unpaired) electrons. The summed E-state index contributed by atoms with van der Waals surface area (Å²) in [5.41, 5.74) is 7.20. The molecule has 138 valence electrons. The maximum atomic E-state index is 12.5. The van der Waals surface area contributed by atoms with E-state index < -0.39 is 46.0 Å². The van der Waals surface area contributed by atoms with Crippen molar-refractivity contribution in [2.45, 2.75) is 42.1 Å². The van der Waals surface area contributed by atoms with Crippen molar-refractivity contribution in [1.29, 1.82) is 0 Å². The predicted octanol–water partition coefficient (Wildman–Crippen LogP) is 0.659. The van der Waals surface area contributed by atoms with Crippen LogP contribution in [0.2, 0.25) is 0 Å². The number of hydrogen-bond donors (Lipinski definition) is 3. The van der Waals surface area contributed by atoms with Crippen LogP contribution in [0.3, 0.4) is 0 Å². The number of β-lactam (4-membered cyclic amide) rings is 1. The highest BCUT2D eigenvalue weighted by molar-refractivity contribution is 8.01. The number of nitrogens with one attached hydrogen (secondary N) is 1. The number of aliphatic carboxylic acids is 1. The number of carbonyl (C=O) groups excluding carboxylic acids is 2. The molecule has 4 N–H and O–H groups in total. The summed E-state index contributed by atoms with van der Waals surface area (Å²) in [5.74, 6) is -1.95. The van der Waals surface area contributed by atoms with Gasteiger partial charge in [-0.2, -0.15) is 0 Å². The molecule has 0 bridgehead atoms. The maximum Gasteiger partial charge on any atom is 0.327 e. The number of carboxylic acids is 1. The summed E-state index contributed by atoms with van der Waals surface area (Å²) in [6.45, 7) is 7.44. The second-order valence-electron chi connectivity index (χ2n) is 6.95. The third-order valence-electron chi connectivity index (χ3n) is 4.78. The molecular weight excluding hydrogens is 354 g/mol. The van der Waals surface area contributed by atoms with E-state index in [4.69, 9.17) is 5.73 Å². The molecule has 1 unspecified atom stereocenters. The average Bonchev–Trinajstić information content (AvgIpc) is 2.87. The number of thioether (sulfide) groups is 1. The van der Waals surface area contributed by atoms with Crippen LogP contribution >= 0.6 is 11.8 Å². The van der Waals surface area contributed by atoms with Gasteiger partial charge in [-0.3, -0.25) is 9.59 Å². The second-order valence-corrected chi connectivity index (χ2v) is 8.72. The number of nitrogens with zero attached hydrogens (tertiary/aromatic N) is 1. The predicted molar refractivity (Wildman–Crippen MR) is 99.1 cm³/mol. The van der Waals surface area contributed by atoms with Gasteiger partial charge in [-0.1, -0.05) is 36.9 Å². The summed E-state index contributed by atoms with van der Waals surface area (Å²) < 4.78 is -0.638. The molecule has 8 heteroatoms. The lowest BCUT2D eigenvalue weighted by Gasteiger charge is -2.43. The third kappa shape index (κ3) is 2.89. The largest absolute Gasteiger partial charge is 0.480 e. The van der Waals surface area contributed by atoms with Gasteiger partial charge in [0, 0.05) is 4.75 Å². The number of nitrogens with two attached hydrogens (primary N) is 1. The Bertz CT molecular complexity index is 780. The number of fused-ring (bicyclic) bond motifs is 1. The normalized spacial score (nSPS) is 27.3. The SMILES string of the molecule is C=C(c1ccccc1)C(N)C(=O)N[C@@H]1C(=O)N2[C@@H]1SC(C)(C)[C@@H]2C(=O)O. The molecule has 1 aromatic carbocycles. The number of amides is 2. The van der Waals surface area contributed by atoms with Crippen molar-refractivity contribution < 1.29 is 19.5 Å². The van der Waals surface area contributed by atoms with Gasteiger partial charge in [0.05, 0.1) is 0 Å². The van der Waals surface area contributed by atoms with E-state index in [2.05, 4.69) is 11.9 Å². The molecule has 2 amide bonds. The van der Waals surface area contributed by atoms with Crippen LogP contribution in [-0.4, -0.2) is 56.0 Å². The van der Waals surface area contributed by atoms with Gasteiger partial charge in [0.25, 0.3) is 0 Å². The molecule has 2 aliphatic rings. The molecule has 26 heavy (non-hydrogen) atoms. The standard InChI is InChI=1S/C18H21N3O4S/c1-9(10-7-5-4-6-8-10)11(19)14(22)20-12-15(23)21-13(17(24)25)18(2,3)26-16(12)21/h4-8,11-13,16H,1,19H2,2-3H3,(H,20,22)(H,24,25)/t11?,12-,13+,16-/m1/s1. The first-order chi connectivity index (χ1) is 12.1. The molecule has 2 aliphatic heterocycles. The van der Waals surface area contributed by atoms with Crippen LogP contribution < -0.4 is 11.1 Å². The van der Waals surface area contributed by atoms with Crippen molar-refractivity contribution in [2.75, 3.05) is 0 Å². The van der Waals surface area contributed by atoms with Crippen LogP contribution in [0.15, 0.2) is 36.9 Å². The zero-order valence-electron chi connectivity index (χ0n) is 14.5. The van der Waals surface area contributed by atoms with Crippen molar-refractivity contribution in [2.24, 2.45) is 5.73 Å². The minimum absolute atomic E-state index is 0.397. The zero-order chi connectivity index (χ0) is 19.2. The van der Waals surface area contributed by atoms with Crippen molar-refractivity contribution in [3.8, 4) is 0 Å². The Hall–Kier alpha value is -2.32. The highest BCUT2D eigenvalue weighted by Crippen LogP contribution is 2.50. The van der Waals surface area contributed by atoms with Crippen molar-refractivity contribution >= 4 is 35.1 Å². The van der Waals surface area contributed by atoms with Crippen molar-refractivity contribution in [1.82, 2.24) is 10.2 Å². The van der Waals surface area contributed by atoms with E-state index in [1.165, 1.54) is 16.7 Å². The Morgan fingerprint density at radius 3 is 2.54 bits per heavy atom. The summed E-state index contributed by atoms with van der Waals surface area (Å²) in [4.78, 5) is 37.7. The van der Waals surface area contributed by atoms with E-state index in [1.54, 1.807) is 26.0 Å². The van der Waals surface area contributed by atoms with Gasteiger partial charge in [-0.25, -0.2) is 4.79 Å². The highest BCUT2D eigenvalue weighted by atomic mass is 32.2. The number of hydrogen-bond acceptors (Lipinski definition) is 5. The number of carbonyl (C=O) groups is 3. The lowest BCUT2D eigenvalue weighted by molar-refractivity contribution is -0.161. The van der Waals surface area contributed by atoms with Crippen LogP contribution in [0, 0.1) is 0 Å². The molecule has 7 nitrogen and oxygen atoms in total. The van der Waals surface area contributed by atoms with E-state index in [9.17, 15) is 19.5 Å². The van der Waals surface area contributed by atoms with Gasteiger partial charge < -0.3 is 21.1 Å². The van der Waals surface area contributed by atoms with Gasteiger partial charge in [-0.15, -0.1) is 11.8 Å². The second kappa shape index (κ2) is 6.44. The summed E-state index contributed by atoms with van der Waals surface area (Å²) in [6, 6.07) is 6.42. The number of rotatable bonds is 5. The van der Waals surface area contributed by atoms with Crippen LogP contribution in [0.1, 0.15) is 19.4 Å². The quantitative estimate of drug-likeness (QED) is 0.652. The Labute approximate surface area is 155 Å². The first kappa shape index (κ1) is 18.5. The molecule has 1 aromatic rings. The number of benzene rings is 1. The smallest absolute Gasteiger partial charge is 0.327 e. The molecule has 0 aliphatic carbocycles. The van der Waals surface area contributed by atoms with E-state index >= 15 is 0 Å². The Morgan fingerprint density at radius 2 is 1.96 bits per heavy atom. The molecule has 2 heterocycles. The topological polar surface area (TPSA) is 113 Å².